The Hall–Kier alpha value is -1.60. The van der Waals surface area contributed by atoms with E-state index in [1.54, 1.807) is 0 Å². The van der Waals surface area contributed by atoms with Crippen molar-refractivity contribution in [3.05, 3.63) is 71.8 Å². The van der Waals surface area contributed by atoms with Crippen LogP contribution in [0.4, 0.5) is 0 Å². The Labute approximate surface area is 117 Å². The highest BCUT2D eigenvalue weighted by Crippen LogP contribution is 2.08. The first-order valence-corrected chi connectivity index (χ1v) is 7.06. The van der Waals surface area contributed by atoms with Gasteiger partial charge in [0.05, 0.1) is 27.2 Å². The van der Waals surface area contributed by atoms with Gasteiger partial charge in [0.2, 0.25) is 0 Å². The van der Waals surface area contributed by atoms with Crippen LogP contribution in [0.25, 0.3) is 0 Å². The number of hydrogen-bond donors (Lipinski definition) is 0. The normalized spacial score (nSPS) is 11.5. The first-order valence-electron chi connectivity index (χ1n) is 7.06. The van der Waals surface area contributed by atoms with E-state index in [1.165, 1.54) is 24.2 Å². The van der Waals surface area contributed by atoms with Crippen molar-refractivity contribution in [2.24, 2.45) is 0 Å². The third-order valence-electron chi connectivity index (χ3n) is 3.70. The largest absolute Gasteiger partial charge is 0.328 e. The highest BCUT2D eigenvalue weighted by molar-refractivity contribution is 5.15. The van der Waals surface area contributed by atoms with Crippen LogP contribution in [0.15, 0.2) is 60.7 Å². The fourth-order valence-electron chi connectivity index (χ4n) is 2.26. The molecule has 0 radical (unpaired) electrons. The molecule has 0 aliphatic carbocycles. The van der Waals surface area contributed by atoms with Gasteiger partial charge in [0, 0.05) is 12.8 Å². The van der Waals surface area contributed by atoms with Gasteiger partial charge in [0.25, 0.3) is 0 Å². The minimum absolute atomic E-state index is 1.07. The molecule has 19 heavy (non-hydrogen) atoms. The molecule has 1 heteroatoms. The van der Waals surface area contributed by atoms with Gasteiger partial charge in [-0.15, -0.1) is 0 Å². The van der Waals surface area contributed by atoms with Crippen LogP contribution in [-0.2, 0) is 12.8 Å². The molecule has 0 aromatic heterocycles. The van der Waals surface area contributed by atoms with Crippen molar-refractivity contribution < 1.29 is 4.48 Å². The van der Waals surface area contributed by atoms with Crippen LogP contribution in [0.3, 0.4) is 0 Å². The Bertz CT molecular complexity index is 428. The van der Waals surface area contributed by atoms with Crippen LogP contribution in [-0.4, -0.2) is 31.7 Å². The lowest BCUT2D eigenvalue weighted by molar-refractivity contribution is -0.889. The van der Waals surface area contributed by atoms with Gasteiger partial charge >= 0.3 is 0 Å². The molecule has 2 aromatic carbocycles. The maximum absolute atomic E-state index is 2.33. The number of hydrogen-bond acceptors (Lipinski definition) is 0. The summed E-state index contributed by atoms with van der Waals surface area (Å²) in [6.45, 7) is 2.38. The van der Waals surface area contributed by atoms with E-state index in [0.717, 1.165) is 17.3 Å². The second-order valence-corrected chi connectivity index (χ2v) is 5.85. The van der Waals surface area contributed by atoms with E-state index < -0.39 is 0 Å². The van der Waals surface area contributed by atoms with Crippen LogP contribution in [0.1, 0.15) is 11.1 Å². The van der Waals surface area contributed by atoms with Crippen molar-refractivity contribution in [2.75, 3.05) is 27.2 Å². The lowest BCUT2D eigenvalue weighted by atomic mass is 10.1. The maximum Gasteiger partial charge on any atom is 0.0823 e. The summed E-state index contributed by atoms with van der Waals surface area (Å²) in [5.41, 5.74) is 2.88. The average Bonchev–Trinajstić information content (AvgIpc) is 2.46. The Morgan fingerprint density at radius 1 is 0.632 bits per heavy atom. The molecule has 100 valence electrons. The summed E-state index contributed by atoms with van der Waals surface area (Å²) < 4.78 is 1.07. The molecule has 0 bridgehead atoms. The fraction of sp³-hybridized carbons (Fsp3) is 0.333. The Balaban J connectivity index is 1.82. The second-order valence-electron chi connectivity index (χ2n) is 5.85. The van der Waals surface area contributed by atoms with Crippen molar-refractivity contribution in [3.63, 3.8) is 0 Å². The molecule has 0 unspecified atom stereocenters. The summed E-state index contributed by atoms with van der Waals surface area (Å²) in [4.78, 5) is 0. The number of nitrogens with zero attached hydrogens (tertiary/aromatic N) is 1. The van der Waals surface area contributed by atoms with Gasteiger partial charge < -0.3 is 4.48 Å². The number of quaternary nitrogens is 1. The van der Waals surface area contributed by atoms with Crippen molar-refractivity contribution in [2.45, 2.75) is 12.8 Å². The second kappa shape index (κ2) is 6.53. The third-order valence-corrected chi connectivity index (χ3v) is 3.70. The smallest absolute Gasteiger partial charge is 0.0823 e. The van der Waals surface area contributed by atoms with Gasteiger partial charge in [-0.3, -0.25) is 0 Å². The molecular formula is C18H24N+. The lowest BCUT2D eigenvalue weighted by Crippen LogP contribution is -2.42. The van der Waals surface area contributed by atoms with Gasteiger partial charge in [-0.25, -0.2) is 0 Å². The molecule has 0 aliphatic rings. The van der Waals surface area contributed by atoms with Gasteiger partial charge in [-0.05, 0) is 11.1 Å². The van der Waals surface area contributed by atoms with Gasteiger partial charge in [0.1, 0.15) is 0 Å². The van der Waals surface area contributed by atoms with E-state index in [0.29, 0.717) is 0 Å². The molecule has 2 aromatic rings. The topological polar surface area (TPSA) is 0 Å². The molecule has 0 aliphatic heterocycles. The van der Waals surface area contributed by atoms with Crippen molar-refractivity contribution in [1.29, 1.82) is 0 Å². The van der Waals surface area contributed by atoms with E-state index in [1.807, 2.05) is 0 Å². The first kappa shape index (κ1) is 13.8. The van der Waals surface area contributed by atoms with Crippen molar-refractivity contribution >= 4 is 0 Å². The standard InChI is InChI=1S/C18H24N/c1-19(2,15-13-17-9-5-3-6-10-17)16-14-18-11-7-4-8-12-18/h3-12H,13-16H2,1-2H3/q+1. The van der Waals surface area contributed by atoms with E-state index in [9.17, 15) is 0 Å². The maximum atomic E-state index is 2.33. The number of likely N-dealkylation sites (N-methyl/N-ethyl adjacent to an activating group) is 1. The predicted molar refractivity (Wildman–Crippen MR) is 82.1 cm³/mol. The molecule has 0 atom stereocenters. The Morgan fingerprint density at radius 3 is 1.37 bits per heavy atom. The van der Waals surface area contributed by atoms with Crippen LogP contribution in [0.2, 0.25) is 0 Å². The van der Waals surface area contributed by atoms with E-state index in [-0.39, 0.29) is 0 Å². The highest BCUT2D eigenvalue weighted by Gasteiger charge is 2.14. The van der Waals surface area contributed by atoms with E-state index >= 15 is 0 Å². The Kier molecular flexibility index (Phi) is 4.75. The van der Waals surface area contributed by atoms with E-state index in [2.05, 4.69) is 74.8 Å². The molecule has 0 saturated carbocycles. The molecule has 0 spiro atoms. The SMILES string of the molecule is C[N+](C)(CCc1ccccc1)CCc1ccccc1. The zero-order valence-corrected chi connectivity index (χ0v) is 12.0. The minimum Gasteiger partial charge on any atom is -0.328 e. The summed E-state index contributed by atoms with van der Waals surface area (Å²) in [6.07, 6.45) is 2.31. The zero-order valence-electron chi connectivity index (χ0n) is 12.0. The summed E-state index contributed by atoms with van der Waals surface area (Å²) in [5.74, 6) is 0. The first-order chi connectivity index (χ1) is 9.16. The molecule has 1 nitrogen and oxygen atoms in total. The molecule has 2 rings (SSSR count). The van der Waals surface area contributed by atoms with Gasteiger partial charge in [-0.2, -0.15) is 0 Å². The van der Waals surface area contributed by atoms with Crippen molar-refractivity contribution in [3.8, 4) is 0 Å². The number of benzene rings is 2. The van der Waals surface area contributed by atoms with Gasteiger partial charge in [-0.1, -0.05) is 60.7 Å². The third kappa shape index (κ3) is 4.88. The summed E-state index contributed by atoms with van der Waals surface area (Å²) >= 11 is 0. The molecule has 0 N–H and O–H groups in total. The van der Waals surface area contributed by atoms with Crippen LogP contribution < -0.4 is 0 Å². The lowest BCUT2D eigenvalue weighted by Gasteiger charge is -2.30. The molecule has 0 amide bonds. The molecular weight excluding hydrogens is 230 g/mol. The summed E-state index contributed by atoms with van der Waals surface area (Å²) in [5, 5.41) is 0. The number of rotatable bonds is 6. The minimum atomic E-state index is 1.07. The van der Waals surface area contributed by atoms with E-state index in [4.69, 9.17) is 0 Å². The van der Waals surface area contributed by atoms with Crippen molar-refractivity contribution in [1.82, 2.24) is 0 Å². The van der Waals surface area contributed by atoms with Crippen LogP contribution in [0.5, 0.6) is 0 Å². The fourth-order valence-corrected chi connectivity index (χ4v) is 2.26. The zero-order chi connectivity index (χ0) is 13.6. The van der Waals surface area contributed by atoms with Gasteiger partial charge in [0.15, 0.2) is 0 Å². The monoisotopic (exact) mass is 254 g/mol. The predicted octanol–water partition coefficient (Wildman–Crippen LogP) is 3.55. The quantitative estimate of drug-likeness (QED) is 0.692. The summed E-state index contributed by atoms with van der Waals surface area (Å²) in [7, 11) is 4.65. The Morgan fingerprint density at radius 2 is 1.00 bits per heavy atom. The van der Waals surface area contributed by atoms with Crippen LogP contribution in [0, 0.1) is 0 Å². The average molecular weight is 254 g/mol. The molecule has 0 fully saturated rings. The summed E-state index contributed by atoms with van der Waals surface area (Å²) in [6, 6.07) is 21.5. The molecule has 0 saturated heterocycles. The highest BCUT2D eigenvalue weighted by atomic mass is 15.3. The molecule has 0 heterocycles. The van der Waals surface area contributed by atoms with Crippen LogP contribution >= 0.6 is 0 Å².